The molecule has 1 saturated heterocycles. The second-order valence-corrected chi connectivity index (χ2v) is 7.38. The predicted octanol–water partition coefficient (Wildman–Crippen LogP) is 2.89. The van der Waals surface area contributed by atoms with Gasteiger partial charge in [-0.25, -0.2) is 0 Å². The van der Waals surface area contributed by atoms with Crippen molar-refractivity contribution in [1.29, 1.82) is 0 Å². The Morgan fingerprint density at radius 2 is 1.70 bits per heavy atom. The van der Waals surface area contributed by atoms with E-state index in [9.17, 15) is 9.59 Å². The normalized spacial score (nSPS) is 14.3. The lowest BCUT2D eigenvalue weighted by molar-refractivity contribution is -0.135. The van der Waals surface area contributed by atoms with Gasteiger partial charge < -0.3 is 19.1 Å². The van der Waals surface area contributed by atoms with E-state index in [0.29, 0.717) is 42.2 Å². The van der Waals surface area contributed by atoms with Crippen molar-refractivity contribution < 1.29 is 23.8 Å². The highest BCUT2D eigenvalue weighted by molar-refractivity contribution is 6.30. The van der Waals surface area contributed by atoms with Gasteiger partial charge in [-0.05, 0) is 29.8 Å². The smallest absolute Gasteiger partial charge is 0.260 e. The second-order valence-electron chi connectivity index (χ2n) is 6.94. The molecule has 0 aromatic heterocycles. The van der Waals surface area contributed by atoms with Crippen LogP contribution in [-0.4, -0.2) is 69.0 Å². The number of halogens is 1. The van der Waals surface area contributed by atoms with E-state index in [2.05, 4.69) is 4.90 Å². The average Bonchev–Trinajstić information content (AvgIpc) is 2.78. The molecule has 0 aliphatic carbocycles. The van der Waals surface area contributed by atoms with Gasteiger partial charge in [0.2, 0.25) is 5.75 Å². The first-order valence-corrected chi connectivity index (χ1v) is 10.0. The van der Waals surface area contributed by atoms with E-state index in [4.69, 9.17) is 25.8 Å². The highest BCUT2D eigenvalue weighted by Gasteiger charge is 2.22. The molecule has 1 amide bonds. The van der Waals surface area contributed by atoms with E-state index < -0.39 is 0 Å². The molecule has 0 unspecified atom stereocenters. The Bertz CT molecular complexity index is 880. The Balaban J connectivity index is 1.54. The van der Waals surface area contributed by atoms with Gasteiger partial charge >= 0.3 is 0 Å². The lowest BCUT2D eigenvalue weighted by atomic mass is 10.2. The Morgan fingerprint density at radius 1 is 1.03 bits per heavy atom. The number of carbonyl (C=O) groups excluding carboxylic acids is 2. The fourth-order valence-corrected chi connectivity index (χ4v) is 3.49. The highest BCUT2D eigenvalue weighted by atomic mass is 35.5. The molecular weight excluding hydrogens is 408 g/mol. The predicted molar refractivity (Wildman–Crippen MR) is 114 cm³/mol. The van der Waals surface area contributed by atoms with Gasteiger partial charge in [-0.3, -0.25) is 14.5 Å². The molecule has 2 aromatic rings. The maximum atomic E-state index is 12.6. The van der Waals surface area contributed by atoms with Crippen molar-refractivity contribution in [3.8, 4) is 17.2 Å². The van der Waals surface area contributed by atoms with Crippen molar-refractivity contribution >= 4 is 23.8 Å². The van der Waals surface area contributed by atoms with Gasteiger partial charge in [0, 0.05) is 43.3 Å². The summed E-state index contributed by atoms with van der Waals surface area (Å²) in [6, 6.07) is 10.9. The van der Waals surface area contributed by atoms with E-state index in [1.807, 2.05) is 24.3 Å². The van der Waals surface area contributed by atoms with Crippen LogP contribution < -0.4 is 14.2 Å². The summed E-state index contributed by atoms with van der Waals surface area (Å²) >= 11 is 5.93. The van der Waals surface area contributed by atoms with Gasteiger partial charge in [-0.1, -0.05) is 23.7 Å². The van der Waals surface area contributed by atoms with Crippen LogP contribution in [0, 0.1) is 0 Å². The van der Waals surface area contributed by atoms with Crippen molar-refractivity contribution in [3.63, 3.8) is 0 Å². The maximum absolute atomic E-state index is 12.6. The number of hydrogen-bond donors (Lipinski definition) is 0. The van der Waals surface area contributed by atoms with Crippen LogP contribution in [0.1, 0.15) is 15.9 Å². The maximum Gasteiger partial charge on any atom is 0.260 e. The van der Waals surface area contributed by atoms with Crippen LogP contribution in [0.15, 0.2) is 36.4 Å². The molecule has 0 bridgehead atoms. The quantitative estimate of drug-likeness (QED) is 0.597. The number of amides is 1. The molecule has 3 rings (SSSR count). The van der Waals surface area contributed by atoms with Gasteiger partial charge in [-0.15, -0.1) is 0 Å². The standard InChI is InChI=1S/C22H25ClN2O5/c1-28-19-11-17(14-26)12-20(22(19)29-2)30-15-21(27)25-9-7-24(8-10-25)13-16-3-5-18(23)6-4-16/h3-6,11-12,14H,7-10,13,15H2,1-2H3. The number of nitrogens with zero attached hydrogens (tertiary/aromatic N) is 2. The van der Waals surface area contributed by atoms with Crippen molar-refractivity contribution in [2.75, 3.05) is 47.0 Å². The summed E-state index contributed by atoms with van der Waals surface area (Å²) in [5.41, 5.74) is 1.57. The molecule has 1 aliphatic rings. The number of aldehydes is 1. The molecule has 1 fully saturated rings. The molecule has 2 aromatic carbocycles. The molecule has 7 nitrogen and oxygen atoms in total. The zero-order chi connectivity index (χ0) is 21.5. The topological polar surface area (TPSA) is 68.3 Å². The third-order valence-electron chi connectivity index (χ3n) is 5.00. The summed E-state index contributed by atoms with van der Waals surface area (Å²) in [6.07, 6.45) is 0.691. The van der Waals surface area contributed by atoms with E-state index >= 15 is 0 Å². The minimum Gasteiger partial charge on any atom is -0.493 e. The molecule has 0 saturated carbocycles. The molecule has 1 aliphatic heterocycles. The monoisotopic (exact) mass is 432 g/mol. The fourth-order valence-electron chi connectivity index (χ4n) is 3.36. The van der Waals surface area contributed by atoms with Gasteiger partial charge in [0.25, 0.3) is 5.91 Å². The van der Waals surface area contributed by atoms with Crippen LogP contribution in [-0.2, 0) is 11.3 Å². The fraction of sp³-hybridized carbons (Fsp3) is 0.364. The van der Waals surface area contributed by atoms with Crippen LogP contribution in [0.2, 0.25) is 5.02 Å². The van der Waals surface area contributed by atoms with E-state index in [1.165, 1.54) is 25.8 Å². The van der Waals surface area contributed by atoms with Gasteiger partial charge in [0.1, 0.15) is 6.29 Å². The van der Waals surface area contributed by atoms with Crippen molar-refractivity contribution in [2.45, 2.75) is 6.54 Å². The number of carbonyl (C=O) groups is 2. The number of benzene rings is 2. The molecule has 160 valence electrons. The van der Waals surface area contributed by atoms with Crippen molar-refractivity contribution in [1.82, 2.24) is 9.80 Å². The summed E-state index contributed by atoms with van der Waals surface area (Å²) in [4.78, 5) is 27.8. The number of methoxy groups -OCH3 is 2. The Kier molecular flexibility index (Phi) is 7.54. The first-order valence-electron chi connectivity index (χ1n) is 9.62. The third kappa shape index (κ3) is 5.43. The van der Waals surface area contributed by atoms with E-state index in [-0.39, 0.29) is 12.5 Å². The van der Waals surface area contributed by atoms with Crippen LogP contribution >= 0.6 is 11.6 Å². The van der Waals surface area contributed by atoms with Gasteiger partial charge in [-0.2, -0.15) is 0 Å². The van der Waals surface area contributed by atoms with Crippen LogP contribution in [0.5, 0.6) is 17.2 Å². The SMILES string of the molecule is COc1cc(C=O)cc(OCC(=O)N2CCN(Cc3ccc(Cl)cc3)CC2)c1OC. The molecule has 0 N–H and O–H groups in total. The first-order chi connectivity index (χ1) is 14.5. The number of ether oxygens (including phenoxy) is 3. The second kappa shape index (κ2) is 10.3. The summed E-state index contributed by atoms with van der Waals surface area (Å²) < 4.78 is 16.2. The average molecular weight is 433 g/mol. The van der Waals surface area contributed by atoms with Crippen LogP contribution in [0.3, 0.4) is 0 Å². The molecule has 0 spiro atoms. The zero-order valence-corrected chi connectivity index (χ0v) is 17.9. The largest absolute Gasteiger partial charge is 0.493 e. The first kappa shape index (κ1) is 21.9. The molecule has 8 heteroatoms. The molecule has 0 radical (unpaired) electrons. The lowest BCUT2D eigenvalue weighted by Crippen LogP contribution is -2.49. The van der Waals surface area contributed by atoms with Crippen molar-refractivity contribution in [2.24, 2.45) is 0 Å². The van der Waals surface area contributed by atoms with Crippen LogP contribution in [0.4, 0.5) is 0 Å². The minimum atomic E-state index is -0.140. The van der Waals surface area contributed by atoms with E-state index in [1.54, 1.807) is 11.0 Å². The van der Waals surface area contributed by atoms with Gasteiger partial charge in [0.15, 0.2) is 18.1 Å². The minimum absolute atomic E-state index is 0.112. The highest BCUT2D eigenvalue weighted by Crippen LogP contribution is 2.38. The zero-order valence-electron chi connectivity index (χ0n) is 17.1. The molecule has 30 heavy (non-hydrogen) atoms. The Hall–Kier alpha value is -2.77. The number of hydrogen-bond acceptors (Lipinski definition) is 6. The Morgan fingerprint density at radius 3 is 2.30 bits per heavy atom. The van der Waals surface area contributed by atoms with Crippen LogP contribution in [0.25, 0.3) is 0 Å². The molecule has 1 heterocycles. The lowest BCUT2D eigenvalue weighted by Gasteiger charge is -2.34. The van der Waals surface area contributed by atoms with Crippen molar-refractivity contribution in [3.05, 3.63) is 52.5 Å². The molecule has 0 atom stereocenters. The number of rotatable bonds is 8. The summed E-state index contributed by atoms with van der Waals surface area (Å²) in [5, 5.41) is 0.724. The summed E-state index contributed by atoms with van der Waals surface area (Å²) in [5.74, 6) is 0.913. The summed E-state index contributed by atoms with van der Waals surface area (Å²) in [6.45, 7) is 3.51. The Labute approximate surface area is 181 Å². The van der Waals surface area contributed by atoms with Gasteiger partial charge in [0.05, 0.1) is 14.2 Å². The third-order valence-corrected chi connectivity index (χ3v) is 5.25. The number of piperazine rings is 1. The van der Waals surface area contributed by atoms with E-state index in [0.717, 1.165) is 24.7 Å². The molecular formula is C22H25ClN2O5. The summed E-state index contributed by atoms with van der Waals surface area (Å²) in [7, 11) is 2.96.